The molecule has 0 unspecified atom stereocenters. The minimum Gasteiger partial charge on any atom is -0.494 e. The molecule has 1 aromatic heterocycles. The highest BCUT2D eigenvalue weighted by molar-refractivity contribution is 6.43. The van der Waals surface area contributed by atoms with Crippen LogP contribution >= 0.6 is 0 Å². The summed E-state index contributed by atoms with van der Waals surface area (Å²) in [6.07, 6.45) is 7.88. The van der Waals surface area contributed by atoms with Gasteiger partial charge in [-0.1, -0.05) is 12.2 Å². The first kappa shape index (κ1) is 35.8. The van der Waals surface area contributed by atoms with E-state index in [1.54, 1.807) is 38.2 Å². The fraction of sp³-hybridized carbons (Fsp3) is 0.333. The number of hydrogen-bond acceptors (Lipinski definition) is 12. The lowest BCUT2D eigenvalue weighted by molar-refractivity contribution is -0.114. The first-order valence-corrected chi connectivity index (χ1v) is 15.0. The molecule has 47 heavy (non-hydrogen) atoms. The molecule has 0 saturated carbocycles. The predicted molar refractivity (Wildman–Crippen MR) is 187 cm³/mol. The van der Waals surface area contributed by atoms with Gasteiger partial charge in [-0.3, -0.25) is 19.6 Å². The maximum atomic E-state index is 13.1. The summed E-state index contributed by atoms with van der Waals surface area (Å²) in [4.78, 5) is 50.4. The third-order valence-corrected chi connectivity index (χ3v) is 6.83. The number of fused-ring (bicyclic) bond motifs is 1. The second-order valence-corrected chi connectivity index (χ2v) is 10.3. The zero-order valence-electron chi connectivity index (χ0n) is 27.3. The topological polar surface area (TPSA) is 192 Å². The maximum Gasteiger partial charge on any atom is 0.270 e. The number of amides is 1. The molecule has 1 amide bonds. The summed E-state index contributed by atoms with van der Waals surface area (Å²) in [5.74, 6) is 1.11. The van der Waals surface area contributed by atoms with Crippen LogP contribution in [0.5, 0.6) is 11.5 Å². The maximum absolute atomic E-state index is 13.1. The van der Waals surface area contributed by atoms with Gasteiger partial charge in [0.25, 0.3) is 5.91 Å². The van der Waals surface area contributed by atoms with Crippen molar-refractivity contribution in [2.24, 2.45) is 15.7 Å². The molecule has 250 valence electrons. The van der Waals surface area contributed by atoms with Crippen molar-refractivity contribution in [3.8, 4) is 11.5 Å². The van der Waals surface area contributed by atoms with Gasteiger partial charge in [-0.15, -0.1) is 0 Å². The number of aromatic nitrogens is 2. The average molecular weight is 646 g/mol. The van der Waals surface area contributed by atoms with E-state index in [-0.39, 0.29) is 12.4 Å². The van der Waals surface area contributed by atoms with Crippen molar-refractivity contribution in [2.75, 3.05) is 56.5 Å². The van der Waals surface area contributed by atoms with E-state index in [9.17, 15) is 14.4 Å². The number of benzene rings is 2. The van der Waals surface area contributed by atoms with Gasteiger partial charge in [0.15, 0.2) is 0 Å². The number of methoxy groups -OCH3 is 1. The van der Waals surface area contributed by atoms with Gasteiger partial charge < -0.3 is 45.8 Å². The van der Waals surface area contributed by atoms with Gasteiger partial charge in [0.05, 0.1) is 31.6 Å². The summed E-state index contributed by atoms with van der Waals surface area (Å²) >= 11 is 0. The van der Waals surface area contributed by atoms with Gasteiger partial charge in [-0.25, -0.2) is 4.98 Å². The molecule has 0 fully saturated rings. The molecular weight excluding hydrogens is 602 g/mol. The Hall–Kier alpha value is -5.66. The van der Waals surface area contributed by atoms with Crippen LogP contribution in [0.3, 0.4) is 0 Å². The number of unbranched alkanes of at least 4 members (excludes halogenated alkanes) is 1. The summed E-state index contributed by atoms with van der Waals surface area (Å²) in [6, 6.07) is 6.71. The molecule has 0 spiro atoms. The molecule has 0 aliphatic rings. The van der Waals surface area contributed by atoms with Gasteiger partial charge in [0.2, 0.25) is 5.95 Å². The first-order chi connectivity index (χ1) is 22.7. The molecule has 0 radical (unpaired) electrons. The normalized spacial score (nSPS) is 11.8. The zero-order chi connectivity index (χ0) is 34.3. The Balaban J connectivity index is 1.96. The second-order valence-electron chi connectivity index (χ2n) is 10.3. The standard InChI is InChI=1S/C33H43N9O5/c1-6-38-27(15-22(2)34)32(45)39-21-41(30-25(36-3)18-24(35)19-28(30)46-5)11-7-8-12-42-31-26(40-33(42)37-4)16-23(20-44)17-29(31)47-14-10-9-13-43/h7-8,13,15-20H,3,6,9-12,14,21,34-35H2,1-2,4-5H3,(H,37,40)(H,39,45)/b8-7+,22-15-,38-27?. The molecule has 6 N–H and O–H groups in total. The van der Waals surface area contributed by atoms with E-state index in [1.165, 1.54) is 13.2 Å². The van der Waals surface area contributed by atoms with Crippen molar-refractivity contribution < 1.29 is 23.9 Å². The Kier molecular flexibility index (Phi) is 13.5. The van der Waals surface area contributed by atoms with E-state index < -0.39 is 5.91 Å². The largest absolute Gasteiger partial charge is 0.494 e. The Morgan fingerprint density at radius 3 is 2.62 bits per heavy atom. The van der Waals surface area contributed by atoms with Crippen LogP contribution in [0.1, 0.15) is 37.0 Å². The number of aliphatic imine (C=N–C) groups is 2. The first-order valence-electron chi connectivity index (χ1n) is 15.0. The van der Waals surface area contributed by atoms with Gasteiger partial charge in [0.1, 0.15) is 41.0 Å². The fourth-order valence-electron chi connectivity index (χ4n) is 4.80. The number of aldehydes is 2. The highest BCUT2D eigenvalue weighted by Crippen LogP contribution is 2.40. The number of nitrogens with one attached hydrogen (secondary N) is 2. The van der Waals surface area contributed by atoms with Crippen LogP contribution in [0.4, 0.5) is 23.0 Å². The predicted octanol–water partition coefficient (Wildman–Crippen LogP) is 3.63. The van der Waals surface area contributed by atoms with Crippen molar-refractivity contribution in [2.45, 2.75) is 33.2 Å². The second kappa shape index (κ2) is 17.7. The van der Waals surface area contributed by atoms with Crippen LogP contribution in [-0.2, 0) is 16.1 Å². The monoisotopic (exact) mass is 645 g/mol. The van der Waals surface area contributed by atoms with Crippen LogP contribution in [-0.4, -0.2) is 81.0 Å². The van der Waals surface area contributed by atoms with Crippen LogP contribution in [0.2, 0.25) is 0 Å². The van der Waals surface area contributed by atoms with Crippen LogP contribution in [0.25, 0.3) is 11.0 Å². The molecule has 0 aliphatic heterocycles. The minimum atomic E-state index is -0.396. The molecule has 0 saturated heterocycles. The molecule has 0 aliphatic carbocycles. The number of allylic oxidation sites excluding steroid dienone is 2. The van der Waals surface area contributed by atoms with E-state index in [0.717, 1.165) is 12.6 Å². The molecule has 0 bridgehead atoms. The molecular formula is C33H43N9O5. The van der Waals surface area contributed by atoms with Crippen molar-refractivity contribution in [1.29, 1.82) is 0 Å². The number of rotatable bonds is 19. The molecule has 3 aromatic rings. The highest BCUT2D eigenvalue weighted by Gasteiger charge is 2.20. The van der Waals surface area contributed by atoms with Gasteiger partial charge in [-0.05, 0) is 51.3 Å². The van der Waals surface area contributed by atoms with Gasteiger partial charge in [0, 0.05) is 56.1 Å². The number of nitrogen functional groups attached to an aromatic ring is 1. The Bertz CT molecular complexity index is 1670. The number of ether oxygens (including phenoxy) is 2. The lowest BCUT2D eigenvalue weighted by Gasteiger charge is -2.27. The Morgan fingerprint density at radius 1 is 1.19 bits per heavy atom. The van der Waals surface area contributed by atoms with Crippen LogP contribution in [0.15, 0.2) is 58.2 Å². The fourth-order valence-corrected chi connectivity index (χ4v) is 4.80. The van der Waals surface area contributed by atoms with E-state index in [4.69, 9.17) is 20.9 Å². The molecule has 14 nitrogen and oxygen atoms in total. The summed E-state index contributed by atoms with van der Waals surface area (Å²) in [5, 5.41) is 6.02. The SMILES string of the molecule is C=Nc1cc(N)cc(OC)c1N(C/C=C/Cn1c(NC)nc2cc(C=O)cc(OCCCC=O)c21)CNC(=O)C(/C=C(/C)N)=NCC. The molecule has 1 heterocycles. The van der Waals surface area contributed by atoms with Crippen LogP contribution < -0.4 is 36.5 Å². The number of carbonyl (C=O) groups is 3. The third-order valence-electron chi connectivity index (χ3n) is 6.83. The number of carbonyl (C=O) groups excluding carboxylic acids is 3. The quantitative estimate of drug-likeness (QED) is 0.0374. The number of nitrogens with zero attached hydrogens (tertiary/aromatic N) is 5. The highest BCUT2D eigenvalue weighted by atomic mass is 16.5. The zero-order valence-corrected chi connectivity index (χ0v) is 27.3. The van der Waals surface area contributed by atoms with Gasteiger partial charge >= 0.3 is 0 Å². The molecule has 0 atom stereocenters. The van der Waals surface area contributed by atoms with Crippen molar-refractivity contribution >= 4 is 65.0 Å². The Morgan fingerprint density at radius 2 is 1.98 bits per heavy atom. The summed E-state index contributed by atoms with van der Waals surface area (Å²) in [7, 11) is 3.28. The van der Waals surface area contributed by atoms with Crippen LogP contribution in [0, 0.1) is 0 Å². The molecule has 14 heteroatoms. The minimum absolute atomic E-state index is 0.0647. The Labute approximate surface area is 274 Å². The number of imidazole rings is 1. The smallest absolute Gasteiger partial charge is 0.270 e. The van der Waals surface area contributed by atoms with Crippen molar-refractivity contribution in [1.82, 2.24) is 14.9 Å². The molecule has 2 aromatic carbocycles. The lowest BCUT2D eigenvalue weighted by Crippen LogP contribution is -2.41. The number of hydrogen-bond donors (Lipinski definition) is 4. The van der Waals surface area contributed by atoms with E-state index in [0.29, 0.717) is 95.9 Å². The lowest BCUT2D eigenvalue weighted by atomic mass is 10.2. The third kappa shape index (κ3) is 9.42. The van der Waals surface area contributed by atoms with E-state index in [2.05, 4.69) is 32.3 Å². The number of nitrogens with two attached hydrogens (primary N) is 2. The van der Waals surface area contributed by atoms with E-state index in [1.807, 2.05) is 28.5 Å². The number of anilines is 3. The molecule has 3 rings (SSSR count). The van der Waals surface area contributed by atoms with Crippen molar-refractivity contribution in [3.63, 3.8) is 0 Å². The summed E-state index contributed by atoms with van der Waals surface area (Å²) in [5.41, 5.74) is 15.8. The summed E-state index contributed by atoms with van der Waals surface area (Å²) < 4.78 is 13.6. The van der Waals surface area contributed by atoms with E-state index >= 15 is 0 Å². The average Bonchev–Trinajstić information content (AvgIpc) is 3.42. The van der Waals surface area contributed by atoms with Crippen molar-refractivity contribution in [3.05, 3.63) is 53.8 Å². The van der Waals surface area contributed by atoms with Gasteiger partial charge in [-0.2, -0.15) is 0 Å². The summed E-state index contributed by atoms with van der Waals surface area (Å²) in [6.45, 7) is 8.70.